The molecule has 1 aromatic heterocycles. The molecule has 1 aliphatic rings. The number of nitrogens with one attached hydrogen (secondary N) is 1. The number of anilines is 2. The second-order valence-corrected chi connectivity index (χ2v) is 4.79. The number of nitrogens with two attached hydrogens (primary N) is 1. The Morgan fingerprint density at radius 2 is 2.25 bits per heavy atom. The van der Waals surface area contributed by atoms with Crippen molar-refractivity contribution in [3.05, 3.63) is 5.69 Å². The molecule has 1 aromatic rings. The van der Waals surface area contributed by atoms with Crippen LogP contribution < -0.4 is 11.1 Å². The summed E-state index contributed by atoms with van der Waals surface area (Å²) in [5.74, 6) is 1.80. The first-order chi connectivity index (χ1) is 7.63. The Morgan fingerprint density at radius 1 is 1.56 bits per heavy atom. The van der Waals surface area contributed by atoms with Gasteiger partial charge < -0.3 is 11.1 Å². The molecule has 4 nitrogen and oxygen atoms in total. The van der Waals surface area contributed by atoms with Crippen molar-refractivity contribution in [2.45, 2.75) is 52.6 Å². The van der Waals surface area contributed by atoms with Gasteiger partial charge in [0.25, 0.3) is 0 Å². The Labute approximate surface area is 97.2 Å². The monoisotopic (exact) mass is 222 g/mol. The summed E-state index contributed by atoms with van der Waals surface area (Å²) >= 11 is 0. The highest BCUT2D eigenvalue weighted by Gasteiger charge is 2.25. The maximum absolute atomic E-state index is 6.04. The minimum Gasteiger partial charge on any atom is -0.394 e. The van der Waals surface area contributed by atoms with Crippen LogP contribution in [0.15, 0.2) is 0 Å². The number of aromatic nitrogens is 2. The molecular formula is C12H22N4. The summed E-state index contributed by atoms with van der Waals surface area (Å²) in [6.45, 7) is 7.15. The largest absolute Gasteiger partial charge is 0.394 e. The van der Waals surface area contributed by atoms with Gasteiger partial charge in [0.05, 0.1) is 11.4 Å². The lowest BCUT2D eigenvalue weighted by Gasteiger charge is -2.32. The third kappa shape index (κ3) is 1.88. The molecule has 4 heteroatoms. The van der Waals surface area contributed by atoms with Gasteiger partial charge in [0.2, 0.25) is 0 Å². The van der Waals surface area contributed by atoms with Crippen LogP contribution in [0.1, 0.15) is 38.8 Å². The minimum absolute atomic E-state index is 0.498. The van der Waals surface area contributed by atoms with Crippen molar-refractivity contribution in [3.63, 3.8) is 0 Å². The Hall–Kier alpha value is -1.19. The highest BCUT2D eigenvalue weighted by Crippen LogP contribution is 2.32. The van der Waals surface area contributed by atoms with E-state index in [0.717, 1.165) is 29.7 Å². The van der Waals surface area contributed by atoms with Crippen LogP contribution in [0, 0.1) is 12.8 Å². The molecule has 0 saturated heterocycles. The third-order valence-electron chi connectivity index (χ3n) is 3.69. The summed E-state index contributed by atoms with van der Waals surface area (Å²) in [5.41, 5.74) is 7.76. The summed E-state index contributed by atoms with van der Waals surface area (Å²) in [4.78, 5) is 0. The molecule has 3 N–H and O–H groups in total. The first-order valence-corrected chi connectivity index (χ1v) is 6.23. The van der Waals surface area contributed by atoms with Crippen molar-refractivity contribution >= 4 is 11.5 Å². The van der Waals surface area contributed by atoms with Gasteiger partial charge in [-0.25, -0.2) is 4.68 Å². The van der Waals surface area contributed by atoms with E-state index in [1.54, 1.807) is 0 Å². The number of nitrogen functional groups attached to an aromatic ring is 1. The quantitative estimate of drug-likeness (QED) is 0.822. The topological polar surface area (TPSA) is 55.9 Å². The molecule has 0 aliphatic heterocycles. The molecule has 0 bridgehead atoms. The fourth-order valence-corrected chi connectivity index (χ4v) is 2.25. The van der Waals surface area contributed by atoms with Crippen molar-refractivity contribution in [2.75, 3.05) is 11.1 Å². The number of nitrogens with zero attached hydrogens (tertiary/aromatic N) is 2. The molecule has 1 unspecified atom stereocenters. The van der Waals surface area contributed by atoms with Crippen molar-refractivity contribution in [2.24, 2.45) is 5.92 Å². The molecule has 2 rings (SSSR count). The predicted octanol–water partition coefficient (Wildman–Crippen LogP) is 2.39. The van der Waals surface area contributed by atoms with E-state index in [1.807, 2.05) is 11.6 Å². The molecule has 0 amide bonds. The lowest BCUT2D eigenvalue weighted by molar-refractivity contribution is 0.284. The van der Waals surface area contributed by atoms with E-state index in [4.69, 9.17) is 5.73 Å². The SMILES string of the molecule is CCn1nc(C)c(N)c1NC(C)C1CCC1. The molecule has 1 saturated carbocycles. The van der Waals surface area contributed by atoms with E-state index in [1.165, 1.54) is 19.3 Å². The second kappa shape index (κ2) is 4.36. The molecule has 1 aliphatic carbocycles. The molecule has 16 heavy (non-hydrogen) atoms. The van der Waals surface area contributed by atoms with E-state index in [2.05, 4.69) is 24.3 Å². The highest BCUT2D eigenvalue weighted by molar-refractivity contribution is 5.65. The van der Waals surface area contributed by atoms with Crippen LogP contribution in [0.5, 0.6) is 0 Å². The number of aryl methyl sites for hydroxylation is 2. The lowest BCUT2D eigenvalue weighted by Crippen LogP contribution is -2.31. The zero-order chi connectivity index (χ0) is 11.7. The van der Waals surface area contributed by atoms with Crippen LogP contribution >= 0.6 is 0 Å². The van der Waals surface area contributed by atoms with E-state index in [0.29, 0.717) is 6.04 Å². The highest BCUT2D eigenvalue weighted by atomic mass is 15.3. The fourth-order valence-electron chi connectivity index (χ4n) is 2.25. The predicted molar refractivity (Wildman–Crippen MR) is 67.5 cm³/mol. The molecule has 90 valence electrons. The number of hydrogen-bond donors (Lipinski definition) is 2. The van der Waals surface area contributed by atoms with Crippen LogP contribution in [-0.4, -0.2) is 15.8 Å². The molecule has 1 atom stereocenters. The van der Waals surface area contributed by atoms with Crippen LogP contribution in [-0.2, 0) is 6.54 Å². The Bertz CT molecular complexity index is 365. The van der Waals surface area contributed by atoms with E-state index in [-0.39, 0.29) is 0 Å². The average Bonchev–Trinajstić information content (AvgIpc) is 2.43. The summed E-state index contributed by atoms with van der Waals surface area (Å²) in [6, 6.07) is 0.498. The van der Waals surface area contributed by atoms with Crippen LogP contribution in [0.2, 0.25) is 0 Å². The smallest absolute Gasteiger partial charge is 0.148 e. The van der Waals surface area contributed by atoms with Gasteiger partial charge in [-0.2, -0.15) is 5.10 Å². The molecule has 0 aromatic carbocycles. The van der Waals surface area contributed by atoms with E-state index in [9.17, 15) is 0 Å². The van der Waals surface area contributed by atoms with Crippen LogP contribution in [0.25, 0.3) is 0 Å². The van der Waals surface area contributed by atoms with Gasteiger partial charge in [-0.3, -0.25) is 0 Å². The normalized spacial score (nSPS) is 18.2. The number of rotatable bonds is 4. The van der Waals surface area contributed by atoms with Gasteiger partial charge in [0.1, 0.15) is 5.82 Å². The lowest BCUT2D eigenvalue weighted by atomic mass is 9.80. The van der Waals surface area contributed by atoms with Crippen LogP contribution in [0.4, 0.5) is 11.5 Å². The summed E-state index contributed by atoms with van der Waals surface area (Å²) in [5, 5.41) is 7.94. The fraction of sp³-hybridized carbons (Fsp3) is 0.750. The van der Waals surface area contributed by atoms with E-state index >= 15 is 0 Å². The zero-order valence-electron chi connectivity index (χ0n) is 10.5. The van der Waals surface area contributed by atoms with Gasteiger partial charge in [0, 0.05) is 12.6 Å². The molecule has 0 spiro atoms. The molecule has 1 fully saturated rings. The first-order valence-electron chi connectivity index (χ1n) is 6.23. The maximum Gasteiger partial charge on any atom is 0.148 e. The van der Waals surface area contributed by atoms with Gasteiger partial charge in [-0.15, -0.1) is 0 Å². The second-order valence-electron chi connectivity index (χ2n) is 4.79. The summed E-state index contributed by atoms with van der Waals surface area (Å²) < 4.78 is 1.96. The average molecular weight is 222 g/mol. The summed E-state index contributed by atoms with van der Waals surface area (Å²) in [7, 11) is 0. The van der Waals surface area contributed by atoms with Gasteiger partial charge in [-0.05, 0) is 39.5 Å². The minimum atomic E-state index is 0.498. The Kier molecular flexibility index (Phi) is 3.08. The standard InChI is InChI=1S/C12H22N4/c1-4-16-12(11(13)9(3)15-16)14-8(2)10-6-5-7-10/h8,10,14H,4-7,13H2,1-3H3. The maximum atomic E-state index is 6.04. The first kappa shape index (κ1) is 11.3. The van der Waals surface area contributed by atoms with Crippen molar-refractivity contribution in [1.82, 2.24) is 9.78 Å². The summed E-state index contributed by atoms with van der Waals surface area (Å²) in [6.07, 6.45) is 4.05. The molecule has 1 heterocycles. The number of hydrogen-bond acceptors (Lipinski definition) is 3. The van der Waals surface area contributed by atoms with E-state index < -0.39 is 0 Å². The van der Waals surface area contributed by atoms with Gasteiger partial charge in [0.15, 0.2) is 0 Å². The van der Waals surface area contributed by atoms with Gasteiger partial charge >= 0.3 is 0 Å². The van der Waals surface area contributed by atoms with Gasteiger partial charge in [-0.1, -0.05) is 6.42 Å². The van der Waals surface area contributed by atoms with Crippen molar-refractivity contribution < 1.29 is 0 Å². The molecular weight excluding hydrogens is 200 g/mol. The molecule has 0 radical (unpaired) electrons. The third-order valence-corrected chi connectivity index (χ3v) is 3.69. The zero-order valence-corrected chi connectivity index (χ0v) is 10.5. The van der Waals surface area contributed by atoms with Crippen molar-refractivity contribution in [1.29, 1.82) is 0 Å². The van der Waals surface area contributed by atoms with Crippen LogP contribution in [0.3, 0.4) is 0 Å². The van der Waals surface area contributed by atoms with Crippen molar-refractivity contribution in [3.8, 4) is 0 Å². The Balaban J connectivity index is 2.12. The Morgan fingerprint density at radius 3 is 2.75 bits per heavy atom.